The van der Waals surface area contributed by atoms with Gasteiger partial charge in [0.25, 0.3) is 0 Å². The largest absolute Gasteiger partial charge is 0.471 e. The van der Waals surface area contributed by atoms with Crippen molar-refractivity contribution >= 4 is 17.3 Å². The molecule has 3 N–H and O–H groups in total. The minimum Gasteiger partial charge on any atom is -0.396 e. The molecule has 0 bridgehead atoms. The summed E-state index contributed by atoms with van der Waals surface area (Å²) in [6.07, 6.45) is -5.01. The van der Waals surface area contributed by atoms with Gasteiger partial charge in [0.05, 0.1) is 11.4 Å². The van der Waals surface area contributed by atoms with Crippen LogP contribution in [-0.2, 0) is 4.79 Å². The first-order chi connectivity index (χ1) is 10.2. The predicted octanol–water partition coefficient (Wildman–Crippen LogP) is 3.73. The third-order valence-electron chi connectivity index (χ3n) is 2.28. The minimum atomic E-state index is -5.01. The van der Waals surface area contributed by atoms with Crippen molar-refractivity contribution in [3.8, 4) is 0 Å². The highest BCUT2D eigenvalue weighted by Crippen LogP contribution is 2.19. The second-order valence-electron chi connectivity index (χ2n) is 3.95. The third-order valence-corrected chi connectivity index (χ3v) is 2.28. The van der Waals surface area contributed by atoms with Gasteiger partial charge >= 0.3 is 12.1 Å². The molecule has 3 nitrogen and oxygen atoms in total. The number of nitrogen functional groups attached to an aromatic ring is 1. The van der Waals surface area contributed by atoms with Gasteiger partial charge in [0.1, 0.15) is 11.6 Å². The molecule has 22 heavy (non-hydrogen) atoms. The van der Waals surface area contributed by atoms with Crippen LogP contribution in [0.1, 0.15) is 0 Å². The highest BCUT2D eigenvalue weighted by atomic mass is 19.4. The molecule has 0 aliphatic heterocycles. The van der Waals surface area contributed by atoms with Crippen LogP contribution in [0.3, 0.4) is 0 Å². The summed E-state index contributed by atoms with van der Waals surface area (Å²) in [6, 6.07) is 10.8. The van der Waals surface area contributed by atoms with Crippen molar-refractivity contribution in [2.45, 2.75) is 6.18 Å². The molecule has 118 valence electrons. The van der Waals surface area contributed by atoms with Gasteiger partial charge in [-0.05, 0) is 24.3 Å². The van der Waals surface area contributed by atoms with E-state index in [-0.39, 0.29) is 11.5 Å². The van der Waals surface area contributed by atoms with Crippen molar-refractivity contribution in [3.05, 3.63) is 60.2 Å². The molecular weight excluding hydrogens is 307 g/mol. The molecule has 2 aromatic rings. The van der Waals surface area contributed by atoms with Crippen LogP contribution in [0.15, 0.2) is 48.5 Å². The predicted molar refractivity (Wildman–Crippen MR) is 71.9 cm³/mol. The molecule has 0 radical (unpaired) electrons. The van der Waals surface area contributed by atoms with Crippen LogP contribution < -0.4 is 11.1 Å². The Labute approximate surface area is 122 Å². The van der Waals surface area contributed by atoms with Crippen molar-refractivity contribution in [2.24, 2.45) is 0 Å². The molecule has 8 heteroatoms. The maximum Gasteiger partial charge on any atom is 0.471 e. The fourth-order valence-corrected chi connectivity index (χ4v) is 1.23. The quantitative estimate of drug-likeness (QED) is 0.622. The Balaban J connectivity index is 0.000000255. The maximum absolute atomic E-state index is 12.8. The highest BCUT2D eigenvalue weighted by molar-refractivity contribution is 5.94. The van der Waals surface area contributed by atoms with E-state index >= 15 is 0 Å². The number of rotatable bonds is 1. The van der Waals surface area contributed by atoms with E-state index in [2.05, 4.69) is 0 Å². The van der Waals surface area contributed by atoms with E-state index in [9.17, 15) is 26.7 Å². The zero-order chi connectivity index (χ0) is 16.8. The third kappa shape index (κ3) is 5.39. The van der Waals surface area contributed by atoms with Crippen LogP contribution in [-0.4, -0.2) is 12.1 Å². The van der Waals surface area contributed by atoms with Gasteiger partial charge in [-0.2, -0.15) is 13.2 Å². The molecule has 1 amide bonds. The summed E-state index contributed by atoms with van der Waals surface area (Å²) >= 11 is 0. The average molecular weight is 318 g/mol. The zero-order valence-electron chi connectivity index (χ0n) is 11.0. The Hall–Kier alpha value is -2.64. The summed E-state index contributed by atoms with van der Waals surface area (Å²) in [7, 11) is 0. The molecule has 0 aliphatic rings. The number of carbonyl (C=O) groups is 1. The first kappa shape index (κ1) is 17.4. The zero-order valence-corrected chi connectivity index (χ0v) is 11.0. The van der Waals surface area contributed by atoms with Crippen molar-refractivity contribution in [1.29, 1.82) is 0 Å². The molecular formula is C14H11F5N2O. The number of carbonyl (C=O) groups excluding carboxylic acids is 1. The summed E-state index contributed by atoms with van der Waals surface area (Å²) in [5, 5.41) is 1.41. The fraction of sp³-hybridized carbons (Fsp3) is 0.0714. The highest BCUT2D eigenvalue weighted by Gasteiger charge is 2.38. The van der Waals surface area contributed by atoms with E-state index in [0.717, 1.165) is 12.1 Å². The number of nitrogens with two attached hydrogens (primary N) is 1. The minimum absolute atomic E-state index is 0.201. The summed E-state index contributed by atoms with van der Waals surface area (Å²) in [6.45, 7) is 0. The molecule has 0 atom stereocenters. The second-order valence-corrected chi connectivity index (χ2v) is 3.95. The number of hydrogen-bond donors (Lipinski definition) is 2. The maximum atomic E-state index is 12.8. The number of amides is 1. The number of para-hydroxylation sites is 2. The Morgan fingerprint density at radius 1 is 0.909 bits per heavy atom. The molecule has 2 aromatic carbocycles. The first-order valence-electron chi connectivity index (χ1n) is 5.84. The number of nitrogens with one attached hydrogen (secondary N) is 1. The van der Waals surface area contributed by atoms with Gasteiger partial charge in [-0.25, -0.2) is 8.78 Å². The smallest absolute Gasteiger partial charge is 0.396 e. The number of alkyl halides is 3. The molecule has 0 aliphatic carbocycles. The van der Waals surface area contributed by atoms with Crippen molar-refractivity contribution in [3.63, 3.8) is 0 Å². The summed E-state index contributed by atoms with van der Waals surface area (Å²) < 4.78 is 60.1. The lowest BCUT2D eigenvalue weighted by atomic mass is 10.3. The van der Waals surface area contributed by atoms with Crippen molar-refractivity contribution in [1.82, 2.24) is 0 Å². The molecule has 0 saturated heterocycles. The van der Waals surface area contributed by atoms with Gasteiger partial charge in [-0.3, -0.25) is 4.79 Å². The van der Waals surface area contributed by atoms with Crippen LogP contribution in [0.2, 0.25) is 0 Å². The van der Waals surface area contributed by atoms with E-state index < -0.39 is 23.6 Å². The second kappa shape index (κ2) is 7.39. The van der Waals surface area contributed by atoms with E-state index in [0.29, 0.717) is 0 Å². The Morgan fingerprint density at radius 2 is 1.41 bits per heavy atom. The van der Waals surface area contributed by atoms with Crippen molar-refractivity contribution < 1.29 is 26.7 Å². The van der Waals surface area contributed by atoms with Gasteiger partial charge in [-0.15, -0.1) is 0 Å². The normalized spacial score (nSPS) is 10.4. The van der Waals surface area contributed by atoms with Crippen LogP contribution in [0, 0.1) is 11.6 Å². The standard InChI is InChI=1S/C8H5F4NO.C6H6FN/c9-5-3-1-2-4-6(5)13-7(14)8(10,11)12;7-5-3-1-2-4-6(5)8/h1-4H,(H,13,14);1-4H,8H2. The van der Waals surface area contributed by atoms with E-state index in [1.165, 1.54) is 29.6 Å². The van der Waals surface area contributed by atoms with Gasteiger partial charge in [0.15, 0.2) is 0 Å². The van der Waals surface area contributed by atoms with Gasteiger partial charge < -0.3 is 11.1 Å². The average Bonchev–Trinajstić information content (AvgIpc) is 2.44. The Bertz CT molecular complexity index is 622. The van der Waals surface area contributed by atoms with Gasteiger partial charge in [-0.1, -0.05) is 24.3 Å². The first-order valence-corrected chi connectivity index (χ1v) is 5.84. The van der Waals surface area contributed by atoms with Crippen LogP contribution >= 0.6 is 0 Å². The Morgan fingerprint density at radius 3 is 1.82 bits per heavy atom. The molecule has 0 heterocycles. The topological polar surface area (TPSA) is 55.1 Å². The van der Waals surface area contributed by atoms with E-state index in [1.807, 2.05) is 0 Å². The molecule has 0 spiro atoms. The number of hydrogen-bond acceptors (Lipinski definition) is 2. The van der Waals surface area contributed by atoms with E-state index in [4.69, 9.17) is 5.73 Å². The molecule has 0 aromatic heterocycles. The summed E-state index contributed by atoms with van der Waals surface area (Å²) in [4.78, 5) is 10.4. The van der Waals surface area contributed by atoms with E-state index in [1.54, 1.807) is 12.1 Å². The van der Waals surface area contributed by atoms with Gasteiger partial charge in [0.2, 0.25) is 0 Å². The molecule has 0 unspecified atom stereocenters. The number of benzene rings is 2. The van der Waals surface area contributed by atoms with Crippen molar-refractivity contribution in [2.75, 3.05) is 11.1 Å². The number of anilines is 2. The van der Waals surface area contributed by atoms with Crippen LogP contribution in [0.25, 0.3) is 0 Å². The van der Waals surface area contributed by atoms with Crippen LogP contribution in [0.4, 0.5) is 33.3 Å². The van der Waals surface area contributed by atoms with Gasteiger partial charge in [0, 0.05) is 0 Å². The lowest BCUT2D eigenvalue weighted by Crippen LogP contribution is -2.30. The molecule has 0 fully saturated rings. The summed E-state index contributed by atoms with van der Waals surface area (Å²) in [5.74, 6) is -3.46. The Kier molecular flexibility index (Phi) is 5.85. The SMILES string of the molecule is Nc1ccccc1F.O=C(Nc1ccccc1F)C(F)(F)F. The number of halogens is 5. The molecule has 2 rings (SSSR count). The summed E-state index contributed by atoms with van der Waals surface area (Å²) in [5.41, 5.74) is 4.86. The fourth-order valence-electron chi connectivity index (χ4n) is 1.23. The monoisotopic (exact) mass is 318 g/mol. The molecule has 0 saturated carbocycles. The van der Waals surface area contributed by atoms with Crippen LogP contribution in [0.5, 0.6) is 0 Å². The lowest BCUT2D eigenvalue weighted by Gasteiger charge is -2.07. The lowest BCUT2D eigenvalue weighted by molar-refractivity contribution is -0.167.